The zero-order valence-electron chi connectivity index (χ0n) is 11.5. The molecular weight excluding hydrogens is 344 g/mol. The minimum absolute atomic E-state index is 0.432. The maximum absolute atomic E-state index is 5.94. The first kappa shape index (κ1) is 13.3. The van der Waals surface area contributed by atoms with Crippen molar-refractivity contribution in [3.63, 3.8) is 0 Å². The number of hydrogen-bond acceptors (Lipinski definition) is 3. The van der Waals surface area contributed by atoms with Gasteiger partial charge in [-0.3, -0.25) is 0 Å². The molecule has 3 aromatic rings. The Hall–Kier alpha value is -1.39. The van der Waals surface area contributed by atoms with Crippen LogP contribution in [0.3, 0.4) is 0 Å². The molecule has 0 saturated heterocycles. The smallest absolute Gasteiger partial charge is 0.180 e. The third-order valence-corrected chi connectivity index (χ3v) is 5.98. The van der Waals surface area contributed by atoms with Crippen molar-refractivity contribution in [1.82, 2.24) is 4.98 Å². The molecule has 0 fully saturated rings. The zero-order valence-corrected chi connectivity index (χ0v) is 13.9. The predicted molar refractivity (Wildman–Crippen MR) is 93.0 cm³/mol. The van der Waals surface area contributed by atoms with Gasteiger partial charge in [0.05, 0.1) is 5.69 Å². The zero-order chi connectivity index (χ0) is 14.4. The molecular formula is C17H15BrN2S. The van der Waals surface area contributed by atoms with Crippen molar-refractivity contribution >= 4 is 43.2 Å². The number of hydrogen-bond donors (Lipinski definition) is 1. The molecule has 2 nitrogen and oxygen atoms in total. The first-order valence-corrected chi connectivity index (χ1v) is 8.77. The number of halogens is 1. The molecule has 106 valence electrons. The van der Waals surface area contributed by atoms with E-state index in [0.717, 1.165) is 10.9 Å². The second kappa shape index (κ2) is 5.11. The monoisotopic (exact) mass is 358 g/mol. The summed E-state index contributed by atoms with van der Waals surface area (Å²) in [7, 11) is 0. The van der Waals surface area contributed by atoms with Crippen molar-refractivity contribution in [2.45, 2.75) is 25.2 Å². The van der Waals surface area contributed by atoms with Gasteiger partial charge in [-0.1, -0.05) is 46.3 Å². The number of anilines is 1. The second-order valence-corrected chi connectivity index (χ2v) is 7.41. The van der Waals surface area contributed by atoms with Crippen molar-refractivity contribution in [2.24, 2.45) is 0 Å². The molecule has 1 aromatic heterocycles. The molecule has 0 amide bonds. The molecule has 1 unspecified atom stereocenters. The van der Waals surface area contributed by atoms with Gasteiger partial charge in [0, 0.05) is 15.3 Å². The van der Waals surface area contributed by atoms with Crippen LogP contribution in [0.25, 0.3) is 10.8 Å². The minimum atomic E-state index is 0.432. The molecule has 4 heteroatoms. The highest BCUT2D eigenvalue weighted by atomic mass is 79.9. The first-order valence-electron chi connectivity index (χ1n) is 7.16. The Balaban J connectivity index is 1.94. The van der Waals surface area contributed by atoms with Crippen molar-refractivity contribution in [1.29, 1.82) is 0 Å². The van der Waals surface area contributed by atoms with Crippen LogP contribution in [0.4, 0.5) is 5.13 Å². The number of rotatable bonds is 1. The predicted octanol–water partition coefficient (Wildman–Crippen LogP) is 5.11. The van der Waals surface area contributed by atoms with Gasteiger partial charge < -0.3 is 5.73 Å². The van der Waals surface area contributed by atoms with Gasteiger partial charge in [-0.05, 0) is 41.7 Å². The van der Waals surface area contributed by atoms with Crippen LogP contribution in [-0.2, 0) is 6.42 Å². The number of nitrogens with zero attached hydrogens (tertiary/aromatic N) is 1. The van der Waals surface area contributed by atoms with Crippen LogP contribution in [0.1, 0.15) is 34.9 Å². The van der Waals surface area contributed by atoms with E-state index in [1.54, 1.807) is 11.3 Å². The van der Waals surface area contributed by atoms with Gasteiger partial charge in [-0.15, -0.1) is 11.3 Å². The van der Waals surface area contributed by atoms with Gasteiger partial charge >= 0.3 is 0 Å². The summed E-state index contributed by atoms with van der Waals surface area (Å²) < 4.78 is 1.15. The Morgan fingerprint density at radius 3 is 2.81 bits per heavy atom. The van der Waals surface area contributed by atoms with Crippen LogP contribution in [-0.4, -0.2) is 4.98 Å². The van der Waals surface area contributed by atoms with E-state index < -0.39 is 0 Å². The van der Waals surface area contributed by atoms with E-state index in [1.165, 1.54) is 39.7 Å². The topological polar surface area (TPSA) is 38.9 Å². The molecule has 1 atom stereocenters. The Bertz CT molecular complexity index is 825. The van der Waals surface area contributed by atoms with Crippen molar-refractivity contribution in [3.8, 4) is 0 Å². The maximum Gasteiger partial charge on any atom is 0.180 e. The fourth-order valence-corrected chi connectivity index (χ4v) is 4.84. The Labute approximate surface area is 136 Å². The first-order chi connectivity index (χ1) is 10.2. The summed E-state index contributed by atoms with van der Waals surface area (Å²) in [5.74, 6) is 0.432. The molecule has 0 spiro atoms. The molecule has 1 heterocycles. The van der Waals surface area contributed by atoms with E-state index in [0.29, 0.717) is 11.0 Å². The molecule has 21 heavy (non-hydrogen) atoms. The van der Waals surface area contributed by atoms with E-state index in [1.807, 2.05) is 0 Å². The summed E-state index contributed by atoms with van der Waals surface area (Å²) in [5.41, 5.74) is 8.55. The van der Waals surface area contributed by atoms with Crippen LogP contribution < -0.4 is 5.73 Å². The number of aromatic nitrogens is 1. The molecule has 0 bridgehead atoms. The van der Waals surface area contributed by atoms with Gasteiger partial charge in [0.15, 0.2) is 5.13 Å². The highest BCUT2D eigenvalue weighted by Gasteiger charge is 2.26. The standard InChI is InChI=1S/C17H15BrN2S/c18-14-9-8-11(10-4-1-2-5-12(10)14)13-6-3-7-15-16(13)21-17(19)20-15/h1-2,4-5,8-9,13H,3,6-7H2,(H2,19,20). The molecule has 0 aliphatic heterocycles. The lowest BCUT2D eigenvalue weighted by molar-refractivity contribution is 0.620. The quantitative estimate of drug-likeness (QED) is 0.656. The van der Waals surface area contributed by atoms with Gasteiger partial charge in [-0.25, -0.2) is 4.98 Å². The lowest BCUT2D eigenvalue weighted by atomic mass is 9.84. The lowest BCUT2D eigenvalue weighted by Crippen LogP contribution is -2.09. The van der Waals surface area contributed by atoms with E-state index in [9.17, 15) is 0 Å². The van der Waals surface area contributed by atoms with Crippen molar-refractivity contribution in [3.05, 3.63) is 57.0 Å². The van der Waals surface area contributed by atoms with E-state index in [2.05, 4.69) is 57.3 Å². The van der Waals surface area contributed by atoms with Crippen molar-refractivity contribution in [2.75, 3.05) is 5.73 Å². The fourth-order valence-electron chi connectivity index (χ4n) is 3.32. The van der Waals surface area contributed by atoms with Crippen LogP contribution in [0.5, 0.6) is 0 Å². The summed E-state index contributed by atoms with van der Waals surface area (Å²) in [4.78, 5) is 5.88. The van der Waals surface area contributed by atoms with Crippen LogP contribution in [0, 0.1) is 0 Å². The molecule has 2 aromatic carbocycles. The Morgan fingerprint density at radius 2 is 1.95 bits per heavy atom. The molecule has 0 radical (unpaired) electrons. The minimum Gasteiger partial charge on any atom is -0.375 e. The van der Waals surface area contributed by atoms with Gasteiger partial charge in [0.25, 0.3) is 0 Å². The summed E-state index contributed by atoms with van der Waals surface area (Å²) in [6.45, 7) is 0. The summed E-state index contributed by atoms with van der Waals surface area (Å²) >= 11 is 5.32. The van der Waals surface area contributed by atoms with Gasteiger partial charge in [0.2, 0.25) is 0 Å². The van der Waals surface area contributed by atoms with E-state index in [4.69, 9.17) is 5.73 Å². The molecule has 2 N–H and O–H groups in total. The highest BCUT2D eigenvalue weighted by molar-refractivity contribution is 9.10. The SMILES string of the molecule is Nc1nc2c(s1)C(c1ccc(Br)c3ccccc13)CCC2. The second-order valence-electron chi connectivity index (χ2n) is 5.49. The Morgan fingerprint density at radius 1 is 1.14 bits per heavy atom. The van der Waals surface area contributed by atoms with E-state index in [-0.39, 0.29) is 0 Å². The highest BCUT2D eigenvalue weighted by Crippen LogP contribution is 2.43. The number of fused-ring (bicyclic) bond motifs is 2. The van der Waals surface area contributed by atoms with E-state index >= 15 is 0 Å². The van der Waals surface area contributed by atoms with Crippen LogP contribution >= 0.6 is 27.3 Å². The van der Waals surface area contributed by atoms with Gasteiger partial charge in [0.1, 0.15) is 0 Å². The molecule has 1 aliphatic carbocycles. The summed E-state index contributed by atoms with van der Waals surface area (Å²) in [6, 6.07) is 13.0. The largest absolute Gasteiger partial charge is 0.375 e. The molecule has 4 rings (SSSR count). The summed E-state index contributed by atoms with van der Waals surface area (Å²) in [6.07, 6.45) is 3.43. The number of aryl methyl sites for hydroxylation is 1. The molecule has 0 saturated carbocycles. The fraction of sp³-hybridized carbons (Fsp3) is 0.235. The number of nitrogens with two attached hydrogens (primary N) is 1. The number of thiazole rings is 1. The van der Waals surface area contributed by atoms with Gasteiger partial charge in [-0.2, -0.15) is 0 Å². The normalized spacial score (nSPS) is 17.9. The summed E-state index contributed by atoms with van der Waals surface area (Å²) in [5, 5.41) is 3.31. The van der Waals surface area contributed by atoms with Crippen molar-refractivity contribution < 1.29 is 0 Å². The average Bonchev–Trinajstić information content (AvgIpc) is 2.88. The average molecular weight is 359 g/mol. The van der Waals surface area contributed by atoms with Crippen LogP contribution in [0.2, 0.25) is 0 Å². The molecule has 1 aliphatic rings. The Kier molecular flexibility index (Phi) is 3.23. The van der Waals surface area contributed by atoms with Crippen LogP contribution in [0.15, 0.2) is 40.9 Å². The number of nitrogen functional groups attached to an aromatic ring is 1. The maximum atomic E-state index is 5.94. The third-order valence-electron chi connectivity index (χ3n) is 4.25. The number of benzene rings is 2. The third kappa shape index (κ3) is 2.17. The lowest BCUT2D eigenvalue weighted by Gasteiger charge is -2.23.